The molecular weight excluding hydrogens is 783 g/mol. The number of allylic oxidation sites excluding steroid dienone is 5. The maximum atomic E-state index is 14.4. The Morgan fingerprint density at radius 1 is 0.967 bits per heavy atom. The van der Waals surface area contributed by atoms with E-state index in [0.717, 1.165) is 11.1 Å². The summed E-state index contributed by atoms with van der Waals surface area (Å²) in [5, 5.41) is 12.1. The summed E-state index contributed by atoms with van der Waals surface area (Å²) in [5.74, 6) is -7.24. The Kier molecular flexibility index (Phi) is 19.1. The van der Waals surface area contributed by atoms with Crippen molar-refractivity contribution in [1.29, 1.82) is 0 Å². The highest BCUT2D eigenvalue weighted by Crippen LogP contribution is 2.39. The minimum Gasteiger partial charge on any atom is -0.460 e. The lowest BCUT2D eigenvalue weighted by Crippen LogP contribution is -2.64. The van der Waals surface area contributed by atoms with Crippen LogP contribution in [0.2, 0.25) is 0 Å². The number of Topliss-reactive ketones (excluding diaryl/α,β-unsaturated/α-hetero) is 1. The Morgan fingerprint density at radius 3 is 2.31 bits per heavy atom. The van der Waals surface area contributed by atoms with Crippen LogP contribution in [0.3, 0.4) is 0 Å². The molecule has 3 heterocycles. The number of aliphatic hydroxyl groups is 1. The van der Waals surface area contributed by atoms with E-state index in [4.69, 9.17) is 28.4 Å². The largest absolute Gasteiger partial charge is 0.460 e. The first kappa shape index (κ1) is 50.2. The van der Waals surface area contributed by atoms with E-state index in [0.29, 0.717) is 57.8 Å². The molecule has 1 aliphatic carbocycles. The van der Waals surface area contributed by atoms with Gasteiger partial charge in [-0.25, -0.2) is 4.79 Å². The molecule has 1 amide bonds. The Morgan fingerprint density at radius 2 is 1.66 bits per heavy atom. The second kappa shape index (κ2) is 23.3. The van der Waals surface area contributed by atoms with E-state index in [1.807, 2.05) is 33.8 Å². The van der Waals surface area contributed by atoms with Crippen LogP contribution in [0.15, 0.2) is 48.1 Å². The Balaban J connectivity index is 1.72. The molecule has 0 spiro atoms. The lowest BCUT2D eigenvalue weighted by atomic mass is 9.82. The fraction of sp³-hybridized carbons (Fsp3) is 0.729. The standard InChI is InChI=1S/C48H73NO12/c1-11-13-17-42(51)59-38-21-19-34(28-39(38)56-8)26-32(6)43-31(5)18-20-37(50)35(12-2)24-29(3)23-30(4)25-40(57-9)44-41(58-10)27-33(7)48(55,61-44)45(52)46(53)49-22-15-14-16-36(49)47(54)60-43/h11,18,20,24,26,30-31,33-36,38-41,43-44,55H,1,12-17,19,21-23,25,27-28H2,2-10H3/b20-18+,29-24+,32-26+/t30-,31+,33+,34-,35+,36-,38+,39+,40-,41-,43-,44+,48+/m0/s1. The van der Waals surface area contributed by atoms with Crippen molar-refractivity contribution < 1.29 is 57.5 Å². The first-order chi connectivity index (χ1) is 29.0. The molecule has 3 fully saturated rings. The third kappa shape index (κ3) is 12.8. The Labute approximate surface area is 363 Å². The number of methoxy groups -OCH3 is 3. The minimum absolute atomic E-state index is 0.0116. The van der Waals surface area contributed by atoms with Crippen LogP contribution in [0.1, 0.15) is 119 Å². The summed E-state index contributed by atoms with van der Waals surface area (Å²) in [5.41, 5.74) is 1.79. The molecule has 0 aromatic carbocycles. The molecule has 13 atom stereocenters. The van der Waals surface area contributed by atoms with Crippen LogP contribution in [0, 0.1) is 29.6 Å². The molecule has 1 saturated carbocycles. The van der Waals surface area contributed by atoms with Gasteiger partial charge >= 0.3 is 11.9 Å². The van der Waals surface area contributed by atoms with Crippen molar-refractivity contribution in [3.63, 3.8) is 0 Å². The molecule has 13 nitrogen and oxygen atoms in total. The molecule has 2 saturated heterocycles. The van der Waals surface area contributed by atoms with E-state index in [1.165, 1.54) is 4.90 Å². The van der Waals surface area contributed by atoms with Crippen molar-refractivity contribution in [1.82, 2.24) is 4.90 Å². The van der Waals surface area contributed by atoms with Gasteiger partial charge in [0.25, 0.3) is 11.7 Å². The van der Waals surface area contributed by atoms with E-state index < -0.39 is 65.7 Å². The average molecular weight is 856 g/mol. The number of ketones is 2. The molecule has 0 unspecified atom stereocenters. The number of esters is 2. The molecule has 4 rings (SSSR count). The first-order valence-corrected chi connectivity index (χ1v) is 22.4. The van der Waals surface area contributed by atoms with E-state index in [-0.39, 0.29) is 67.5 Å². The van der Waals surface area contributed by atoms with Crippen molar-refractivity contribution >= 4 is 29.4 Å². The van der Waals surface area contributed by atoms with Crippen molar-refractivity contribution in [2.45, 2.75) is 167 Å². The molecule has 2 bridgehead atoms. The van der Waals surface area contributed by atoms with Gasteiger partial charge in [-0.2, -0.15) is 0 Å². The summed E-state index contributed by atoms with van der Waals surface area (Å²) in [7, 11) is 4.69. The van der Waals surface area contributed by atoms with Gasteiger partial charge in [-0.3, -0.25) is 19.2 Å². The summed E-state index contributed by atoms with van der Waals surface area (Å²) in [6.07, 6.45) is 11.6. The molecule has 61 heavy (non-hydrogen) atoms. The van der Waals surface area contributed by atoms with Gasteiger partial charge in [-0.05, 0) is 108 Å². The van der Waals surface area contributed by atoms with Crippen molar-refractivity contribution in [3.05, 3.63) is 48.1 Å². The number of hydrogen-bond donors (Lipinski definition) is 1. The van der Waals surface area contributed by atoms with Crippen molar-refractivity contribution in [2.24, 2.45) is 29.6 Å². The summed E-state index contributed by atoms with van der Waals surface area (Å²) in [4.78, 5) is 70.4. The van der Waals surface area contributed by atoms with Crippen LogP contribution in [0.4, 0.5) is 0 Å². The number of rotatable bonds is 10. The smallest absolute Gasteiger partial charge is 0.329 e. The monoisotopic (exact) mass is 856 g/mol. The number of nitrogens with zero attached hydrogens (tertiary/aromatic N) is 1. The molecule has 13 heteroatoms. The van der Waals surface area contributed by atoms with Crippen LogP contribution in [0.5, 0.6) is 0 Å². The zero-order valence-corrected chi connectivity index (χ0v) is 38.1. The van der Waals surface area contributed by atoms with Gasteiger partial charge in [-0.15, -0.1) is 6.58 Å². The summed E-state index contributed by atoms with van der Waals surface area (Å²) in [6, 6.07) is -1.09. The molecule has 4 aliphatic rings. The van der Waals surface area contributed by atoms with Gasteiger partial charge in [0.15, 0.2) is 5.78 Å². The highest BCUT2D eigenvalue weighted by atomic mass is 16.7. The molecule has 342 valence electrons. The number of carbonyl (C=O) groups is 5. The van der Waals surface area contributed by atoms with Crippen LogP contribution in [-0.2, 0) is 52.4 Å². The first-order valence-electron chi connectivity index (χ1n) is 22.4. The topological polar surface area (TPSA) is 164 Å². The highest BCUT2D eigenvalue weighted by Gasteiger charge is 2.56. The zero-order valence-electron chi connectivity index (χ0n) is 38.1. The van der Waals surface area contributed by atoms with Gasteiger partial charge in [0.2, 0.25) is 5.79 Å². The van der Waals surface area contributed by atoms with Crippen molar-refractivity contribution in [2.75, 3.05) is 27.9 Å². The predicted molar refractivity (Wildman–Crippen MR) is 230 cm³/mol. The summed E-state index contributed by atoms with van der Waals surface area (Å²) >= 11 is 0. The molecule has 3 aliphatic heterocycles. The van der Waals surface area contributed by atoms with Crippen LogP contribution >= 0.6 is 0 Å². The molecule has 0 aromatic rings. The second-order valence-corrected chi connectivity index (χ2v) is 18.0. The van der Waals surface area contributed by atoms with Gasteiger partial charge in [0, 0.05) is 52.0 Å². The Bertz CT molecular complexity index is 1640. The minimum atomic E-state index is -2.49. The van der Waals surface area contributed by atoms with E-state index in [2.05, 4.69) is 19.6 Å². The molecule has 1 N–H and O–H groups in total. The number of carbonyl (C=O) groups excluding carboxylic acids is 5. The zero-order chi connectivity index (χ0) is 45.0. The van der Waals surface area contributed by atoms with E-state index in [1.54, 1.807) is 46.5 Å². The molecular formula is C48H73NO12. The average Bonchev–Trinajstić information content (AvgIpc) is 3.25. The number of fused-ring (bicyclic) bond motifs is 3. The fourth-order valence-corrected chi connectivity index (χ4v) is 9.65. The van der Waals surface area contributed by atoms with Gasteiger partial charge < -0.3 is 38.4 Å². The highest BCUT2D eigenvalue weighted by molar-refractivity contribution is 6.39. The third-order valence-electron chi connectivity index (χ3n) is 13.2. The number of cyclic esters (lactones) is 1. The maximum absolute atomic E-state index is 14.4. The summed E-state index contributed by atoms with van der Waals surface area (Å²) < 4.78 is 35.9. The maximum Gasteiger partial charge on any atom is 0.329 e. The van der Waals surface area contributed by atoms with Gasteiger partial charge in [0.05, 0.1) is 18.3 Å². The SMILES string of the molecule is C=CCCC(=O)O[C@@H]1CC[C@@H](/C=C(\C)[C@H]2OC(=O)[C@@H]3CCCCN3C(=O)C(=O)[C@]3(O)O[C@H]([C@@H](OC)C[C@@H](C)C/C(C)=C/[C@@H](CC)C(=O)/C=C/[C@H]2C)[C@@H](OC)C[C@H]3C)C[C@H]1OC. The summed E-state index contributed by atoms with van der Waals surface area (Å²) in [6.45, 7) is 15.3. The second-order valence-electron chi connectivity index (χ2n) is 18.0. The Hall–Kier alpha value is -3.49. The third-order valence-corrected chi connectivity index (χ3v) is 13.2. The number of ether oxygens (including phenoxy) is 6. The number of piperidine rings is 1. The van der Waals surface area contributed by atoms with Gasteiger partial charge in [0.1, 0.15) is 24.4 Å². The quantitative estimate of drug-likeness (QED) is 0.139. The van der Waals surface area contributed by atoms with E-state index in [9.17, 15) is 29.1 Å². The van der Waals surface area contributed by atoms with Gasteiger partial charge in [-0.1, -0.05) is 57.6 Å². The fourth-order valence-electron chi connectivity index (χ4n) is 9.65. The number of amides is 1. The lowest BCUT2D eigenvalue weighted by molar-refractivity contribution is -0.302. The predicted octanol–water partition coefficient (Wildman–Crippen LogP) is 6.80. The number of hydrogen-bond acceptors (Lipinski definition) is 12. The van der Waals surface area contributed by atoms with Crippen LogP contribution in [0.25, 0.3) is 0 Å². The molecule has 0 radical (unpaired) electrons. The molecule has 0 aromatic heterocycles. The van der Waals surface area contributed by atoms with E-state index >= 15 is 0 Å². The van der Waals surface area contributed by atoms with Crippen LogP contribution < -0.4 is 0 Å². The lowest BCUT2D eigenvalue weighted by Gasteiger charge is -2.47. The normalized spacial score (nSPS) is 38.0. The van der Waals surface area contributed by atoms with Crippen LogP contribution in [-0.4, -0.2) is 116 Å². The van der Waals surface area contributed by atoms with Crippen molar-refractivity contribution in [3.8, 4) is 0 Å².